The van der Waals surface area contributed by atoms with Crippen LogP contribution in [0.2, 0.25) is 0 Å². The van der Waals surface area contributed by atoms with E-state index >= 15 is 0 Å². The zero-order valence-electron chi connectivity index (χ0n) is 10.5. The highest BCUT2D eigenvalue weighted by Crippen LogP contribution is 2.18. The van der Waals surface area contributed by atoms with Crippen LogP contribution in [0.3, 0.4) is 0 Å². The molecule has 94 valence electrons. The number of ether oxygens (including phenoxy) is 1. The summed E-state index contributed by atoms with van der Waals surface area (Å²) in [4.78, 5) is 4.39. The van der Waals surface area contributed by atoms with E-state index in [1.807, 2.05) is 60.7 Å². The van der Waals surface area contributed by atoms with Gasteiger partial charge in [0.25, 0.3) is 0 Å². The van der Waals surface area contributed by atoms with Crippen molar-refractivity contribution in [1.82, 2.24) is 4.98 Å². The van der Waals surface area contributed by atoms with Gasteiger partial charge in [-0.1, -0.05) is 24.3 Å². The van der Waals surface area contributed by atoms with Crippen LogP contribution in [-0.4, -0.2) is 12.1 Å². The molecule has 1 heterocycles. The topological polar surface area (TPSA) is 35.3 Å². The second-order valence-corrected chi connectivity index (χ2v) is 4.13. The SMILES string of the molecule is COc1cccc(/C=C/c2nc3ccccc3o2)c1. The van der Waals surface area contributed by atoms with Crippen molar-refractivity contribution in [1.29, 1.82) is 0 Å². The van der Waals surface area contributed by atoms with E-state index < -0.39 is 0 Å². The van der Waals surface area contributed by atoms with Gasteiger partial charge in [0.1, 0.15) is 11.3 Å². The molecule has 0 bridgehead atoms. The molecular weight excluding hydrogens is 238 g/mol. The van der Waals surface area contributed by atoms with Crippen LogP contribution in [0.1, 0.15) is 11.5 Å². The second-order valence-electron chi connectivity index (χ2n) is 4.13. The van der Waals surface area contributed by atoms with Crippen LogP contribution in [0.15, 0.2) is 52.9 Å². The Balaban J connectivity index is 1.88. The molecule has 19 heavy (non-hydrogen) atoms. The van der Waals surface area contributed by atoms with Gasteiger partial charge in [-0.05, 0) is 35.9 Å². The zero-order valence-corrected chi connectivity index (χ0v) is 10.5. The van der Waals surface area contributed by atoms with Gasteiger partial charge in [-0.3, -0.25) is 0 Å². The molecular formula is C16H13NO2. The van der Waals surface area contributed by atoms with Crippen molar-refractivity contribution < 1.29 is 9.15 Å². The molecule has 3 nitrogen and oxygen atoms in total. The predicted molar refractivity (Wildman–Crippen MR) is 75.9 cm³/mol. The lowest BCUT2D eigenvalue weighted by Gasteiger charge is -1.99. The van der Waals surface area contributed by atoms with Gasteiger partial charge in [-0.15, -0.1) is 0 Å². The van der Waals surface area contributed by atoms with E-state index in [2.05, 4.69) is 4.98 Å². The number of rotatable bonds is 3. The summed E-state index contributed by atoms with van der Waals surface area (Å²) in [5.41, 5.74) is 2.71. The number of aromatic nitrogens is 1. The molecule has 0 spiro atoms. The van der Waals surface area contributed by atoms with Gasteiger partial charge < -0.3 is 9.15 Å². The number of hydrogen-bond donors (Lipinski definition) is 0. The Morgan fingerprint density at radius 3 is 2.79 bits per heavy atom. The molecule has 0 radical (unpaired) electrons. The summed E-state index contributed by atoms with van der Waals surface area (Å²) in [5, 5.41) is 0. The maximum absolute atomic E-state index is 5.62. The highest BCUT2D eigenvalue weighted by molar-refractivity contribution is 5.76. The third-order valence-corrected chi connectivity index (χ3v) is 2.82. The predicted octanol–water partition coefficient (Wildman–Crippen LogP) is 4.01. The van der Waals surface area contributed by atoms with Gasteiger partial charge in [-0.2, -0.15) is 0 Å². The van der Waals surface area contributed by atoms with E-state index in [0.717, 1.165) is 22.4 Å². The van der Waals surface area contributed by atoms with Crippen molar-refractivity contribution >= 4 is 23.3 Å². The summed E-state index contributed by atoms with van der Waals surface area (Å²) in [6.07, 6.45) is 3.81. The Bertz CT molecular complexity index is 695. The maximum Gasteiger partial charge on any atom is 0.220 e. The standard InChI is InChI=1S/C16H13NO2/c1-18-13-6-4-5-12(11-13)9-10-16-17-14-7-2-3-8-15(14)19-16/h2-11H,1H3/b10-9+. The maximum atomic E-state index is 5.62. The molecule has 3 heteroatoms. The minimum atomic E-state index is 0.601. The number of benzene rings is 2. The minimum absolute atomic E-state index is 0.601. The van der Waals surface area contributed by atoms with E-state index in [1.54, 1.807) is 7.11 Å². The number of para-hydroxylation sites is 2. The third kappa shape index (κ3) is 2.50. The first kappa shape index (κ1) is 11.5. The fourth-order valence-electron chi connectivity index (χ4n) is 1.87. The Morgan fingerprint density at radius 1 is 1.05 bits per heavy atom. The quantitative estimate of drug-likeness (QED) is 0.705. The summed E-state index contributed by atoms with van der Waals surface area (Å²) in [6, 6.07) is 15.5. The van der Waals surface area contributed by atoms with Crippen molar-refractivity contribution in [3.63, 3.8) is 0 Å². The molecule has 0 fully saturated rings. The Hall–Kier alpha value is -2.55. The molecule has 0 N–H and O–H groups in total. The molecule has 2 aromatic carbocycles. The number of hydrogen-bond acceptors (Lipinski definition) is 3. The van der Waals surface area contributed by atoms with Gasteiger partial charge in [-0.25, -0.2) is 4.98 Å². The fourth-order valence-corrected chi connectivity index (χ4v) is 1.87. The number of nitrogens with zero attached hydrogens (tertiary/aromatic N) is 1. The average molecular weight is 251 g/mol. The van der Waals surface area contributed by atoms with E-state index in [9.17, 15) is 0 Å². The number of methoxy groups -OCH3 is 1. The third-order valence-electron chi connectivity index (χ3n) is 2.82. The van der Waals surface area contributed by atoms with Crippen LogP contribution in [0.5, 0.6) is 5.75 Å². The number of oxazole rings is 1. The molecule has 3 rings (SSSR count). The fraction of sp³-hybridized carbons (Fsp3) is 0.0625. The van der Waals surface area contributed by atoms with Crippen LogP contribution in [0.25, 0.3) is 23.3 Å². The highest BCUT2D eigenvalue weighted by atomic mass is 16.5. The highest BCUT2D eigenvalue weighted by Gasteiger charge is 2.01. The smallest absolute Gasteiger partial charge is 0.220 e. The van der Waals surface area contributed by atoms with Crippen molar-refractivity contribution in [2.75, 3.05) is 7.11 Å². The van der Waals surface area contributed by atoms with Crippen molar-refractivity contribution in [2.45, 2.75) is 0 Å². The van der Waals surface area contributed by atoms with Gasteiger partial charge >= 0.3 is 0 Å². The van der Waals surface area contributed by atoms with Crippen LogP contribution < -0.4 is 4.74 Å². The van der Waals surface area contributed by atoms with Gasteiger partial charge in [0.05, 0.1) is 7.11 Å². The van der Waals surface area contributed by atoms with E-state index in [0.29, 0.717) is 5.89 Å². The van der Waals surface area contributed by atoms with Crippen LogP contribution in [0, 0.1) is 0 Å². The van der Waals surface area contributed by atoms with Crippen molar-refractivity contribution in [3.05, 3.63) is 60.0 Å². The largest absolute Gasteiger partial charge is 0.497 e. The summed E-state index contributed by atoms with van der Waals surface area (Å²) >= 11 is 0. The molecule has 0 saturated heterocycles. The molecule has 0 atom stereocenters. The Morgan fingerprint density at radius 2 is 1.95 bits per heavy atom. The monoisotopic (exact) mass is 251 g/mol. The zero-order chi connectivity index (χ0) is 13.1. The molecule has 3 aromatic rings. The first-order valence-corrected chi connectivity index (χ1v) is 6.03. The first-order valence-electron chi connectivity index (χ1n) is 6.03. The normalized spacial score (nSPS) is 11.2. The molecule has 0 saturated carbocycles. The first-order chi connectivity index (χ1) is 9.35. The van der Waals surface area contributed by atoms with E-state index in [-0.39, 0.29) is 0 Å². The van der Waals surface area contributed by atoms with Crippen LogP contribution >= 0.6 is 0 Å². The second kappa shape index (κ2) is 4.98. The number of fused-ring (bicyclic) bond motifs is 1. The molecule has 0 aliphatic heterocycles. The van der Waals surface area contributed by atoms with E-state index in [1.165, 1.54) is 0 Å². The van der Waals surface area contributed by atoms with Crippen LogP contribution in [0.4, 0.5) is 0 Å². The average Bonchev–Trinajstić information content (AvgIpc) is 2.88. The summed E-state index contributed by atoms with van der Waals surface area (Å²) in [7, 11) is 1.66. The van der Waals surface area contributed by atoms with Crippen LogP contribution in [-0.2, 0) is 0 Å². The van der Waals surface area contributed by atoms with E-state index in [4.69, 9.17) is 9.15 Å². The summed E-state index contributed by atoms with van der Waals surface area (Å²) in [5.74, 6) is 1.43. The summed E-state index contributed by atoms with van der Waals surface area (Å²) in [6.45, 7) is 0. The summed E-state index contributed by atoms with van der Waals surface area (Å²) < 4.78 is 10.8. The van der Waals surface area contributed by atoms with Gasteiger partial charge in [0.15, 0.2) is 5.58 Å². The lowest BCUT2D eigenvalue weighted by molar-refractivity contribution is 0.414. The van der Waals surface area contributed by atoms with Crippen molar-refractivity contribution in [3.8, 4) is 5.75 Å². The molecule has 0 amide bonds. The molecule has 0 aliphatic rings. The molecule has 1 aromatic heterocycles. The lowest BCUT2D eigenvalue weighted by Crippen LogP contribution is -1.82. The lowest BCUT2D eigenvalue weighted by atomic mass is 10.2. The molecule has 0 unspecified atom stereocenters. The van der Waals surface area contributed by atoms with Gasteiger partial charge in [0.2, 0.25) is 5.89 Å². The Labute approximate surface area is 111 Å². The van der Waals surface area contributed by atoms with Crippen molar-refractivity contribution in [2.24, 2.45) is 0 Å². The Kier molecular flexibility index (Phi) is 3.02. The minimum Gasteiger partial charge on any atom is -0.497 e. The molecule has 0 aliphatic carbocycles. The van der Waals surface area contributed by atoms with Gasteiger partial charge in [0, 0.05) is 6.08 Å².